The molecule has 0 aromatic carbocycles. The molecule has 2 bridgehead atoms. The maximum Gasteiger partial charge on any atom is 0.159 e. The largest absolute Gasteiger partial charge is 0.390 e. The Morgan fingerprint density at radius 2 is 1.95 bits per heavy atom. The van der Waals surface area contributed by atoms with Crippen LogP contribution in [0.15, 0.2) is 18.5 Å². The van der Waals surface area contributed by atoms with Crippen molar-refractivity contribution in [2.45, 2.75) is 43.2 Å². The number of aliphatic hydroxyl groups is 1. The maximum atomic E-state index is 10.3. The molecule has 0 saturated heterocycles. The van der Waals surface area contributed by atoms with Crippen LogP contribution in [-0.4, -0.2) is 31.4 Å². The lowest BCUT2D eigenvalue weighted by atomic mass is 9.92. The van der Waals surface area contributed by atoms with E-state index in [-0.39, 0.29) is 5.54 Å². The number of fused-ring (bicyclic) bond motifs is 3. The maximum absolute atomic E-state index is 10.3. The molecular formula is C14H15ClN4O. The Kier molecular flexibility index (Phi) is 2.47. The van der Waals surface area contributed by atoms with Crippen molar-refractivity contribution in [2.75, 3.05) is 5.32 Å². The molecule has 104 valence electrons. The Morgan fingerprint density at radius 1 is 1.15 bits per heavy atom. The first-order chi connectivity index (χ1) is 9.59. The van der Waals surface area contributed by atoms with Gasteiger partial charge >= 0.3 is 0 Å². The second-order valence-corrected chi connectivity index (χ2v) is 6.43. The van der Waals surface area contributed by atoms with Crippen LogP contribution in [0.1, 0.15) is 32.1 Å². The molecule has 20 heavy (non-hydrogen) atoms. The van der Waals surface area contributed by atoms with Crippen molar-refractivity contribution in [3.8, 4) is 0 Å². The van der Waals surface area contributed by atoms with Gasteiger partial charge in [0.15, 0.2) is 11.0 Å². The summed E-state index contributed by atoms with van der Waals surface area (Å²) in [5.74, 6) is 0.712. The fourth-order valence-corrected chi connectivity index (χ4v) is 3.86. The van der Waals surface area contributed by atoms with Crippen LogP contribution in [-0.2, 0) is 0 Å². The van der Waals surface area contributed by atoms with E-state index < -0.39 is 5.60 Å². The smallest absolute Gasteiger partial charge is 0.159 e. The van der Waals surface area contributed by atoms with Gasteiger partial charge in [-0.2, -0.15) is 0 Å². The Balaban J connectivity index is 1.75. The van der Waals surface area contributed by atoms with Crippen molar-refractivity contribution in [2.24, 2.45) is 0 Å². The molecule has 2 aliphatic carbocycles. The van der Waals surface area contributed by atoms with E-state index in [4.69, 9.17) is 11.6 Å². The van der Waals surface area contributed by atoms with Crippen LogP contribution in [0, 0.1) is 0 Å². The van der Waals surface area contributed by atoms with Gasteiger partial charge in [0.05, 0.1) is 5.60 Å². The van der Waals surface area contributed by atoms with Gasteiger partial charge in [-0.3, -0.25) is 4.98 Å². The van der Waals surface area contributed by atoms with E-state index in [1.807, 2.05) is 6.07 Å². The van der Waals surface area contributed by atoms with Crippen molar-refractivity contribution in [3.63, 3.8) is 0 Å². The molecule has 0 radical (unpaired) electrons. The molecular weight excluding hydrogens is 276 g/mol. The second-order valence-electron chi connectivity index (χ2n) is 6.07. The van der Waals surface area contributed by atoms with E-state index in [1.165, 1.54) is 0 Å². The highest BCUT2D eigenvalue weighted by molar-refractivity contribution is 6.34. The van der Waals surface area contributed by atoms with Gasteiger partial charge in [0.25, 0.3) is 0 Å². The first-order valence-corrected chi connectivity index (χ1v) is 7.24. The van der Waals surface area contributed by atoms with Crippen LogP contribution in [0.5, 0.6) is 0 Å². The van der Waals surface area contributed by atoms with E-state index in [0.717, 1.165) is 42.9 Å². The van der Waals surface area contributed by atoms with Gasteiger partial charge in [0, 0.05) is 28.7 Å². The molecule has 5 nitrogen and oxygen atoms in total. The van der Waals surface area contributed by atoms with E-state index >= 15 is 0 Å². The minimum absolute atomic E-state index is 0.0555. The van der Waals surface area contributed by atoms with Crippen LogP contribution in [0.2, 0.25) is 5.15 Å². The zero-order chi connectivity index (χ0) is 13.8. The van der Waals surface area contributed by atoms with Crippen molar-refractivity contribution >= 4 is 28.2 Å². The van der Waals surface area contributed by atoms with Gasteiger partial charge in [0.1, 0.15) is 0 Å². The van der Waals surface area contributed by atoms with Crippen molar-refractivity contribution in [1.82, 2.24) is 15.2 Å². The Hall–Kier alpha value is -1.46. The normalized spacial score (nSPS) is 31.9. The Bertz CT molecular complexity index is 682. The third-order valence-corrected chi connectivity index (χ3v) is 5.00. The van der Waals surface area contributed by atoms with Gasteiger partial charge in [-0.1, -0.05) is 11.6 Å². The third-order valence-electron chi connectivity index (χ3n) is 4.73. The summed E-state index contributed by atoms with van der Waals surface area (Å²) < 4.78 is 0. The molecule has 2 aromatic rings. The second kappa shape index (κ2) is 4.02. The highest BCUT2D eigenvalue weighted by Gasteiger charge is 2.53. The predicted octanol–water partition coefficient (Wildman–Crippen LogP) is 2.54. The number of nitrogens with zero attached hydrogens (tertiary/aromatic N) is 3. The highest BCUT2D eigenvalue weighted by Crippen LogP contribution is 2.52. The van der Waals surface area contributed by atoms with E-state index in [2.05, 4.69) is 20.5 Å². The molecule has 0 spiro atoms. The minimum Gasteiger partial charge on any atom is -0.390 e. The zero-order valence-electron chi connectivity index (χ0n) is 10.9. The zero-order valence-corrected chi connectivity index (χ0v) is 11.7. The van der Waals surface area contributed by atoms with Crippen molar-refractivity contribution in [3.05, 3.63) is 23.6 Å². The molecule has 0 atom stereocenters. The number of anilines is 1. The molecule has 0 unspecified atom stereocenters. The summed E-state index contributed by atoms with van der Waals surface area (Å²) >= 11 is 6.08. The number of hydrogen-bond acceptors (Lipinski definition) is 5. The Labute approximate surface area is 121 Å². The van der Waals surface area contributed by atoms with Gasteiger partial charge in [-0.15, -0.1) is 10.2 Å². The average molecular weight is 291 g/mol. The van der Waals surface area contributed by atoms with E-state index in [1.54, 1.807) is 12.4 Å². The average Bonchev–Trinajstić information content (AvgIpc) is 2.96. The molecule has 2 fully saturated rings. The fraction of sp³-hybridized carbons (Fsp3) is 0.500. The first kappa shape index (κ1) is 12.3. The summed E-state index contributed by atoms with van der Waals surface area (Å²) in [6, 6.07) is 1.84. The van der Waals surface area contributed by atoms with E-state index in [0.29, 0.717) is 11.0 Å². The van der Waals surface area contributed by atoms with Gasteiger partial charge in [-0.05, 0) is 38.2 Å². The van der Waals surface area contributed by atoms with E-state index in [9.17, 15) is 5.11 Å². The lowest BCUT2D eigenvalue weighted by molar-refractivity contribution is 0.0521. The molecule has 6 heteroatoms. The molecule has 2 aliphatic rings. The minimum atomic E-state index is -0.485. The molecule has 2 aromatic heterocycles. The van der Waals surface area contributed by atoms with Crippen LogP contribution in [0.25, 0.3) is 10.8 Å². The summed E-state index contributed by atoms with van der Waals surface area (Å²) in [5.41, 5.74) is -0.541. The number of nitrogens with one attached hydrogen (secondary N) is 1. The SMILES string of the molecule is O[C@]12CC[C@](Nc3nnc(Cl)c4ccncc34)(CC1)C2. The summed E-state index contributed by atoms with van der Waals surface area (Å²) in [6.07, 6.45) is 7.89. The van der Waals surface area contributed by atoms with Gasteiger partial charge in [0.2, 0.25) is 0 Å². The van der Waals surface area contributed by atoms with Gasteiger partial charge < -0.3 is 10.4 Å². The lowest BCUT2D eigenvalue weighted by Crippen LogP contribution is -2.33. The molecule has 0 aliphatic heterocycles. The molecule has 0 amide bonds. The molecule has 2 saturated carbocycles. The summed E-state index contributed by atoms with van der Waals surface area (Å²) in [6.45, 7) is 0. The predicted molar refractivity (Wildman–Crippen MR) is 76.7 cm³/mol. The van der Waals surface area contributed by atoms with Crippen LogP contribution >= 0.6 is 11.6 Å². The fourth-order valence-electron chi connectivity index (χ4n) is 3.65. The lowest BCUT2D eigenvalue weighted by Gasteiger charge is -2.28. The summed E-state index contributed by atoms with van der Waals surface area (Å²) in [5, 5.41) is 24.2. The quantitative estimate of drug-likeness (QED) is 0.889. The third kappa shape index (κ3) is 1.77. The summed E-state index contributed by atoms with van der Waals surface area (Å²) in [4.78, 5) is 4.15. The van der Waals surface area contributed by atoms with Crippen LogP contribution < -0.4 is 5.32 Å². The molecule has 4 rings (SSSR count). The molecule has 2 N–H and O–H groups in total. The molecule has 2 heterocycles. The number of pyridine rings is 1. The number of rotatable bonds is 2. The standard InChI is InChI=1S/C14H15ClN4O/c15-11-9-1-6-16-7-10(9)12(19-18-11)17-13-2-4-14(20,8-13)5-3-13/h1,6-7,20H,2-5,8H2,(H,17,19)/t13-,14+. The van der Waals surface area contributed by atoms with Crippen molar-refractivity contribution in [1.29, 1.82) is 0 Å². The summed E-state index contributed by atoms with van der Waals surface area (Å²) in [7, 11) is 0. The number of halogens is 1. The highest BCUT2D eigenvalue weighted by atomic mass is 35.5. The van der Waals surface area contributed by atoms with Crippen molar-refractivity contribution < 1.29 is 5.11 Å². The monoisotopic (exact) mass is 290 g/mol. The van der Waals surface area contributed by atoms with Crippen LogP contribution in [0.3, 0.4) is 0 Å². The van der Waals surface area contributed by atoms with Gasteiger partial charge in [-0.25, -0.2) is 0 Å². The number of hydrogen-bond donors (Lipinski definition) is 2. The topological polar surface area (TPSA) is 70.9 Å². The van der Waals surface area contributed by atoms with Crippen LogP contribution in [0.4, 0.5) is 5.82 Å². The first-order valence-electron chi connectivity index (χ1n) is 6.86. The number of aromatic nitrogens is 3. The Morgan fingerprint density at radius 3 is 2.65 bits per heavy atom.